The van der Waals surface area contributed by atoms with E-state index < -0.39 is 0 Å². The molecule has 17 heavy (non-hydrogen) atoms. The van der Waals surface area contributed by atoms with Gasteiger partial charge in [0.25, 0.3) is 0 Å². The highest BCUT2D eigenvalue weighted by molar-refractivity contribution is 9.08. The van der Waals surface area contributed by atoms with Crippen molar-refractivity contribution in [3.63, 3.8) is 0 Å². The number of ether oxygens (including phenoxy) is 1. The van der Waals surface area contributed by atoms with Crippen LogP contribution in [0, 0.1) is 0 Å². The number of anilines is 1. The number of hydrogen-bond donors (Lipinski definition) is 0. The van der Waals surface area contributed by atoms with Crippen LogP contribution < -0.4 is 4.90 Å². The van der Waals surface area contributed by atoms with Gasteiger partial charge in [-0.1, -0.05) is 22.0 Å². The number of pyridine rings is 1. The summed E-state index contributed by atoms with van der Waals surface area (Å²) in [5, 5.41) is 0.783. The van der Waals surface area contributed by atoms with Crippen LogP contribution in [0.2, 0.25) is 0 Å². The molecule has 5 heteroatoms. The third kappa shape index (κ3) is 2.45. The van der Waals surface area contributed by atoms with E-state index in [9.17, 15) is 0 Å². The number of methoxy groups -OCH3 is 1. The summed E-state index contributed by atoms with van der Waals surface area (Å²) in [6.07, 6.45) is 2.03. The van der Waals surface area contributed by atoms with Crippen LogP contribution in [0.25, 0.3) is 5.65 Å². The second-order valence-electron chi connectivity index (χ2n) is 3.86. The molecular weight excluding hydrogens is 282 g/mol. The van der Waals surface area contributed by atoms with Crippen LogP contribution in [-0.2, 0) is 10.1 Å². The lowest BCUT2D eigenvalue weighted by atomic mass is 10.4. The largest absolute Gasteiger partial charge is 0.383 e. The quantitative estimate of drug-likeness (QED) is 0.793. The molecule has 0 N–H and O–H groups in total. The van der Waals surface area contributed by atoms with Crippen molar-refractivity contribution in [2.45, 2.75) is 5.33 Å². The Bertz CT molecular complexity index is 497. The highest BCUT2D eigenvalue weighted by Gasteiger charge is 2.13. The first kappa shape index (κ1) is 12.4. The zero-order valence-corrected chi connectivity index (χ0v) is 11.6. The summed E-state index contributed by atoms with van der Waals surface area (Å²) in [6.45, 7) is 1.53. The second-order valence-corrected chi connectivity index (χ2v) is 4.42. The average Bonchev–Trinajstić information content (AvgIpc) is 2.74. The van der Waals surface area contributed by atoms with E-state index in [-0.39, 0.29) is 0 Å². The van der Waals surface area contributed by atoms with Crippen molar-refractivity contribution in [1.29, 1.82) is 0 Å². The van der Waals surface area contributed by atoms with Crippen LogP contribution in [0.15, 0.2) is 24.4 Å². The maximum absolute atomic E-state index is 5.09. The third-order valence-corrected chi connectivity index (χ3v) is 3.26. The van der Waals surface area contributed by atoms with Crippen molar-refractivity contribution in [2.75, 3.05) is 32.2 Å². The van der Waals surface area contributed by atoms with E-state index in [0.717, 1.165) is 23.3 Å². The first-order chi connectivity index (χ1) is 8.27. The van der Waals surface area contributed by atoms with E-state index in [1.165, 1.54) is 5.69 Å². The molecule has 92 valence electrons. The highest BCUT2D eigenvalue weighted by Crippen LogP contribution is 2.22. The van der Waals surface area contributed by atoms with Crippen LogP contribution >= 0.6 is 15.9 Å². The van der Waals surface area contributed by atoms with Crippen LogP contribution in [0.1, 0.15) is 5.69 Å². The van der Waals surface area contributed by atoms with Gasteiger partial charge in [0.15, 0.2) is 5.82 Å². The molecule has 0 aromatic carbocycles. The molecule has 0 bridgehead atoms. The molecule has 0 atom stereocenters. The minimum absolute atomic E-state index is 0.700. The number of halogens is 1. The summed E-state index contributed by atoms with van der Waals surface area (Å²) in [7, 11) is 3.75. The fourth-order valence-corrected chi connectivity index (χ4v) is 2.32. The molecule has 0 unspecified atom stereocenters. The van der Waals surface area contributed by atoms with Crippen LogP contribution in [0.3, 0.4) is 0 Å². The lowest BCUT2D eigenvalue weighted by Gasteiger charge is -2.17. The molecule has 2 aromatic heterocycles. The Kier molecular flexibility index (Phi) is 4.02. The predicted molar refractivity (Wildman–Crippen MR) is 73.0 cm³/mol. The summed E-state index contributed by atoms with van der Waals surface area (Å²) in [6, 6.07) is 6.03. The fourth-order valence-electron chi connectivity index (χ4n) is 1.80. The van der Waals surface area contributed by atoms with Gasteiger partial charge in [0, 0.05) is 32.2 Å². The molecule has 0 aliphatic rings. The molecule has 2 rings (SSSR count). The maximum atomic E-state index is 5.09. The number of nitrogens with zero attached hydrogens (tertiary/aromatic N) is 3. The molecule has 2 heterocycles. The summed E-state index contributed by atoms with van der Waals surface area (Å²) in [5.74, 6) is 1.00. The van der Waals surface area contributed by atoms with E-state index in [1.807, 2.05) is 31.4 Å². The summed E-state index contributed by atoms with van der Waals surface area (Å²) >= 11 is 3.53. The van der Waals surface area contributed by atoms with Crippen LogP contribution in [-0.4, -0.2) is 36.7 Å². The van der Waals surface area contributed by atoms with Crippen molar-refractivity contribution in [3.05, 3.63) is 30.1 Å². The Hall–Kier alpha value is -1.07. The van der Waals surface area contributed by atoms with E-state index >= 15 is 0 Å². The van der Waals surface area contributed by atoms with Crippen LogP contribution in [0.5, 0.6) is 0 Å². The molecule has 4 nitrogen and oxygen atoms in total. The number of aromatic nitrogens is 2. The third-order valence-electron chi connectivity index (χ3n) is 2.73. The van der Waals surface area contributed by atoms with Crippen molar-refractivity contribution < 1.29 is 4.74 Å². The van der Waals surface area contributed by atoms with Gasteiger partial charge >= 0.3 is 0 Å². The van der Waals surface area contributed by atoms with Gasteiger partial charge < -0.3 is 14.0 Å². The van der Waals surface area contributed by atoms with Crippen molar-refractivity contribution in [2.24, 2.45) is 0 Å². The summed E-state index contributed by atoms with van der Waals surface area (Å²) in [4.78, 5) is 6.76. The number of fused-ring (bicyclic) bond motifs is 1. The lowest BCUT2D eigenvalue weighted by Crippen LogP contribution is -2.23. The van der Waals surface area contributed by atoms with Gasteiger partial charge in [0.2, 0.25) is 0 Å². The van der Waals surface area contributed by atoms with E-state index in [2.05, 4.69) is 30.2 Å². The van der Waals surface area contributed by atoms with Gasteiger partial charge in [0.1, 0.15) is 5.65 Å². The normalized spacial score (nSPS) is 11.0. The Morgan fingerprint density at radius 3 is 3.00 bits per heavy atom. The molecule has 0 saturated carbocycles. The van der Waals surface area contributed by atoms with E-state index in [4.69, 9.17) is 4.74 Å². The molecule has 0 fully saturated rings. The molecule has 0 aliphatic carbocycles. The fraction of sp³-hybridized carbons (Fsp3) is 0.417. The smallest absolute Gasteiger partial charge is 0.151 e. The molecule has 0 aliphatic heterocycles. The second kappa shape index (κ2) is 5.51. The number of alkyl halides is 1. The highest BCUT2D eigenvalue weighted by atomic mass is 79.9. The van der Waals surface area contributed by atoms with Crippen molar-refractivity contribution >= 4 is 27.4 Å². The molecule has 2 aromatic rings. The van der Waals surface area contributed by atoms with Gasteiger partial charge in [-0.2, -0.15) is 0 Å². The number of likely N-dealkylation sites (N-methyl/N-ethyl adjacent to an activating group) is 1. The predicted octanol–water partition coefficient (Wildman–Crippen LogP) is 2.31. The Morgan fingerprint density at radius 2 is 2.29 bits per heavy atom. The molecule has 0 spiro atoms. The topological polar surface area (TPSA) is 29.8 Å². The number of rotatable bonds is 5. The van der Waals surface area contributed by atoms with Crippen molar-refractivity contribution in [3.8, 4) is 0 Å². The minimum Gasteiger partial charge on any atom is -0.383 e. The molecule has 0 radical (unpaired) electrons. The summed E-state index contributed by atoms with van der Waals surface area (Å²) < 4.78 is 7.20. The molecule has 0 amide bonds. The number of hydrogen-bond acceptors (Lipinski definition) is 3. The maximum Gasteiger partial charge on any atom is 0.151 e. The lowest BCUT2D eigenvalue weighted by molar-refractivity contribution is 0.206. The van der Waals surface area contributed by atoms with Gasteiger partial charge in [-0.3, -0.25) is 0 Å². The van der Waals surface area contributed by atoms with Crippen LogP contribution in [0.4, 0.5) is 5.82 Å². The van der Waals surface area contributed by atoms with Gasteiger partial charge in [-0.25, -0.2) is 4.98 Å². The SMILES string of the molecule is COCCN(C)c1nc2ccccn2c1CBr. The monoisotopic (exact) mass is 297 g/mol. The van der Waals surface area contributed by atoms with Gasteiger partial charge in [-0.05, 0) is 12.1 Å². The Labute approximate surface area is 109 Å². The van der Waals surface area contributed by atoms with Crippen molar-refractivity contribution in [1.82, 2.24) is 9.38 Å². The van der Waals surface area contributed by atoms with E-state index in [1.54, 1.807) is 7.11 Å². The van der Waals surface area contributed by atoms with Gasteiger partial charge in [0.05, 0.1) is 12.3 Å². The first-order valence-corrected chi connectivity index (χ1v) is 6.62. The Balaban J connectivity index is 2.38. The standard InChI is InChI=1S/C12H16BrN3O/c1-15(7-8-17-2)12-10(9-13)16-6-4-3-5-11(16)14-12/h3-6H,7-9H2,1-2H3. The average molecular weight is 298 g/mol. The number of imidazole rings is 1. The minimum atomic E-state index is 0.700. The molecule has 0 saturated heterocycles. The first-order valence-electron chi connectivity index (χ1n) is 5.50. The zero-order valence-electron chi connectivity index (χ0n) is 10.1. The summed E-state index contributed by atoms with van der Waals surface area (Å²) in [5.41, 5.74) is 2.14. The zero-order chi connectivity index (χ0) is 12.3. The Morgan fingerprint density at radius 1 is 1.47 bits per heavy atom. The molecular formula is C12H16BrN3O. The van der Waals surface area contributed by atoms with E-state index in [0.29, 0.717) is 6.61 Å². The van der Waals surface area contributed by atoms with Gasteiger partial charge in [-0.15, -0.1) is 0 Å².